The summed E-state index contributed by atoms with van der Waals surface area (Å²) in [7, 11) is 0. The Kier molecular flexibility index (Phi) is 4.66. The van der Waals surface area contributed by atoms with E-state index >= 15 is 4.39 Å². The third kappa shape index (κ3) is 3.42. The van der Waals surface area contributed by atoms with Gasteiger partial charge in [0.1, 0.15) is 0 Å². The van der Waals surface area contributed by atoms with Crippen molar-refractivity contribution in [2.24, 2.45) is 0 Å². The van der Waals surface area contributed by atoms with Gasteiger partial charge in [0.15, 0.2) is 6.19 Å². The van der Waals surface area contributed by atoms with Gasteiger partial charge in [0, 0.05) is 49.4 Å². The van der Waals surface area contributed by atoms with Gasteiger partial charge in [-0.2, -0.15) is 10.4 Å². The number of halogens is 1. The van der Waals surface area contributed by atoms with E-state index < -0.39 is 11.6 Å². The molecule has 2 aromatic heterocycles. The highest BCUT2D eigenvalue weighted by Gasteiger charge is 2.48. The molecule has 0 spiro atoms. The Morgan fingerprint density at radius 3 is 2.90 bits per heavy atom. The van der Waals surface area contributed by atoms with Crippen LogP contribution in [0.25, 0.3) is 11.3 Å². The van der Waals surface area contributed by atoms with Crippen LogP contribution in [0.3, 0.4) is 0 Å². The highest BCUT2D eigenvalue weighted by Crippen LogP contribution is 2.36. The maximum atomic E-state index is 15.3. The first kappa shape index (κ1) is 19.2. The number of nitrogens with zero attached hydrogens (tertiary/aromatic N) is 6. The monoisotopic (exact) mass is 416 g/mol. The summed E-state index contributed by atoms with van der Waals surface area (Å²) in [6.07, 6.45) is 7.99. The number of nitriles is 1. The minimum atomic E-state index is -2.00. The number of pyridine rings is 1. The average molecular weight is 416 g/mol. The number of carbonyl (C=O) groups is 1. The summed E-state index contributed by atoms with van der Waals surface area (Å²) >= 11 is 0. The van der Waals surface area contributed by atoms with Crippen LogP contribution in [0.5, 0.6) is 0 Å². The molecule has 1 fully saturated rings. The summed E-state index contributed by atoms with van der Waals surface area (Å²) in [4.78, 5) is 20.0. The van der Waals surface area contributed by atoms with Crippen molar-refractivity contribution in [1.82, 2.24) is 19.7 Å². The summed E-state index contributed by atoms with van der Waals surface area (Å²) in [5.41, 5.74) is 2.79. The molecule has 7 nitrogen and oxygen atoms in total. The van der Waals surface area contributed by atoms with Crippen molar-refractivity contribution < 1.29 is 9.18 Å². The molecule has 1 atom stereocenters. The lowest BCUT2D eigenvalue weighted by atomic mass is 10.0. The van der Waals surface area contributed by atoms with E-state index in [9.17, 15) is 4.79 Å². The number of benzene rings is 1. The van der Waals surface area contributed by atoms with Crippen LogP contribution in [0.1, 0.15) is 17.5 Å². The van der Waals surface area contributed by atoms with Crippen LogP contribution in [-0.2, 0) is 17.8 Å². The first-order chi connectivity index (χ1) is 15.1. The highest BCUT2D eigenvalue weighted by molar-refractivity contribution is 6.01. The van der Waals surface area contributed by atoms with E-state index in [4.69, 9.17) is 5.26 Å². The van der Waals surface area contributed by atoms with Crippen molar-refractivity contribution in [2.45, 2.75) is 25.1 Å². The van der Waals surface area contributed by atoms with Gasteiger partial charge in [0.05, 0.1) is 18.8 Å². The lowest BCUT2D eigenvalue weighted by Gasteiger charge is -2.25. The standard InChI is InChI=1S/C23H21FN6O/c24-23(7-11-28(15-23)16-25)22(31)29-10-6-19-12-18(3-4-20(19)29)21-5-9-27-30(21)14-17-2-1-8-26-13-17/h1-5,8-9,12-13H,6-7,10-11,14-15H2. The zero-order valence-corrected chi connectivity index (χ0v) is 16.9. The molecule has 0 N–H and O–H groups in total. The van der Waals surface area contributed by atoms with Crippen molar-refractivity contribution >= 4 is 11.6 Å². The predicted octanol–water partition coefficient (Wildman–Crippen LogP) is 2.78. The molecule has 4 heterocycles. The summed E-state index contributed by atoms with van der Waals surface area (Å²) in [6, 6.07) is 11.8. The second kappa shape index (κ2) is 7.51. The van der Waals surface area contributed by atoms with E-state index in [-0.39, 0.29) is 19.5 Å². The van der Waals surface area contributed by atoms with Gasteiger partial charge in [0.25, 0.3) is 5.91 Å². The molecule has 2 aliphatic rings. The van der Waals surface area contributed by atoms with Gasteiger partial charge in [0.2, 0.25) is 5.67 Å². The number of carbonyl (C=O) groups excluding carboxylic acids is 1. The molecule has 0 saturated carbocycles. The van der Waals surface area contributed by atoms with Crippen LogP contribution in [0.4, 0.5) is 10.1 Å². The van der Waals surface area contributed by atoms with Crippen LogP contribution < -0.4 is 4.90 Å². The van der Waals surface area contributed by atoms with Crippen molar-refractivity contribution in [3.63, 3.8) is 0 Å². The molecular weight excluding hydrogens is 395 g/mol. The van der Waals surface area contributed by atoms with E-state index in [1.807, 2.05) is 47.4 Å². The first-order valence-corrected chi connectivity index (χ1v) is 10.3. The highest BCUT2D eigenvalue weighted by atomic mass is 19.1. The molecule has 8 heteroatoms. The molecule has 1 amide bonds. The topological polar surface area (TPSA) is 78.0 Å². The number of alkyl halides is 1. The van der Waals surface area contributed by atoms with Gasteiger partial charge < -0.3 is 9.80 Å². The fourth-order valence-electron chi connectivity index (χ4n) is 4.42. The Bertz CT molecular complexity index is 1170. The molecule has 0 bridgehead atoms. The van der Waals surface area contributed by atoms with Gasteiger partial charge in [-0.1, -0.05) is 12.1 Å². The van der Waals surface area contributed by atoms with Gasteiger partial charge in [-0.3, -0.25) is 14.5 Å². The second-order valence-corrected chi connectivity index (χ2v) is 8.02. The summed E-state index contributed by atoms with van der Waals surface area (Å²) in [5.74, 6) is -0.543. The number of amides is 1. The van der Waals surface area contributed by atoms with Gasteiger partial charge in [-0.15, -0.1) is 0 Å². The van der Waals surface area contributed by atoms with E-state index in [0.717, 1.165) is 28.1 Å². The molecule has 1 unspecified atom stereocenters. The summed E-state index contributed by atoms with van der Waals surface area (Å²) in [5, 5.41) is 13.5. The smallest absolute Gasteiger partial charge is 0.266 e. The third-order valence-electron chi connectivity index (χ3n) is 6.03. The number of hydrogen-bond donors (Lipinski definition) is 0. The zero-order chi connectivity index (χ0) is 21.4. The number of aromatic nitrogens is 3. The lowest BCUT2D eigenvalue weighted by molar-refractivity contribution is -0.129. The van der Waals surface area contributed by atoms with E-state index in [0.29, 0.717) is 19.5 Å². The third-order valence-corrected chi connectivity index (χ3v) is 6.03. The predicted molar refractivity (Wildman–Crippen MR) is 113 cm³/mol. The van der Waals surface area contributed by atoms with Gasteiger partial charge >= 0.3 is 0 Å². The Morgan fingerprint density at radius 2 is 2.13 bits per heavy atom. The molecule has 156 valence electrons. The molecule has 0 aliphatic carbocycles. The fourth-order valence-corrected chi connectivity index (χ4v) is 4.42. The number of likely N-dealkylation sites (tertiary alicyclic amines) is 1. The number of anilines is 1. The van der Waals surface area contributed by atoms with Crippen LogP contribution in [0.2, 0.25) is 0 Å². The summed E-state index contributed by atoms with van der Waals surface area (Å²) < 4.78 is 17.2. The Labute approximate surface area is 179 Å². The van der Waals surface area contributed by atoms with Crippen LogP contribution in [0.15, 0.2) is 55.0 Å². The van der Waals surface area contributed by atoms with Gasteiger partial charge in [-0.25, -0.2) is 4.39 Å². The largest absolute Gasteiger partial charge is 0.309 e. The van der Waals surface area contributed by atoms with Crippen LogP contribution in [-0.4, -0.2) is 50.9 Å². The SMILES string of the molecule is N#CN1CCC(F)(C(=O)N2CCc3cc(-c4ccnn4Cc4cccnc4)ccc32)C1. The van der Waals surface area contributed by atoms with Crippen molar-refractivity contribution in [3.8, 4) is 17.5 Å². The lowest BCUT2D eigenvalue weighted by Crippen LogP contribution is -2.47. The Morgan fingerprint density at radius 1 is 1.23 bits per heavy atom. The van der Waals surface area contributed by atoms with E-state index in [1.165, 1.54) is 9.80 Å². The normalized spacial score (nSPS) is 20.0. The number of hydrogen-bond acceptors (Lipinski definition) is 5. The number of fused-ring (bicyclic) bond motifs is 1. The van der Waals surface area contributed by atoms with Crippen LogP contribution in [0, 0.1) is 11.5 Å². The Balaban J connectivity index is 1.39. The first-order valence-electron chi connectivity index (χ1n) is 10.3. The quantitative estimate of drug-likeness (QED) is 0.611. The summed E-state index contributed by atoms with van der Waals surface area (Å²) in [6.45, 7) is 1.17. The zero-order valence-electron chi connectivity index (χ0n) is 16.9. The molecule has 1 saturated heterocycles. The molecule has 0 radical (unpaired) electrons. The molecular formula is C23H21FN6O. The van der Waals surface area contributed by atoms with Crippen molar-refractivity contribution in [1.29, 1.82) is 5.26 Å². The number of rotatable bonds is 4. The maximum absolute atomic E-state index is 15.3. The minimum absolute atomic E-state index is 0.0524. The molecule has 2 aliphatic heterocycles. The minimum Gasteiger partial charge on any atom is -0.309 e. The average Bonchev–Trinajstić information content (AvgIpc) is 3.52. The van der Waals surface area contributed by atoms with Crippen LogP contribution >= 0.6 is 0 Å². The Hall–Kier alpha value is -3.73. The maximum Gasteiger partial charge on any atom is 0.266 e. The molecule has 5 rings (SSSR count). The molecule has 31 heavy (non-hydrogen) atoms. The van der Waals surface area contributed by atoms with Gasteiger partial charge in [-0.05, 0) is 41.8 Å². The van der Waals surface area contributed by atoms with E-state index in [2.05, 4.69) is 16.1 Å². The fraction of sp³-hybridized carbons (Fsp3) is 0.304. The van der Waals surface area contributed by atoms with Crippen molar-refractivity contribution in [3.05, 3.63) is 66.1 Å². The van der Waals surface area contributed by atoms with E-state index in [1.54, 1.807) is 12.4 Å². The van der Waals surface area contributed by atoms with Crippen molar-refractivity contribution in [2.75, 3.05) is 24.5 Å². The molecule has 3 aromatic rings. The molecule has 1 aromatic carbocycles. The second-order valence-electron chi connectivity index (χ2n) is 8.02.